The predicted octanol–water partition coefficient (Wildman–Crippen LogP) is 2.15. The fourth-order valence-corrected chi connectivity index (χ4v) is 0. The number of allylic oxidation sites excluding steroid dienone is 1. The van der Waals surface area contributed by atoms with E-state index in [2.05, 4.69) is 13.5 Å². The topological polar surface area (TPSA) is 3.24 Å². The van der Waals surface area contributed by atoms with Crippen molar-refractivity contribution in [1.29, 1.82) is 0 Å². The van der Waals surface area contributed by atoms with E-state index in [4.69, 9.17) is 0 Å². The molecule has 0 aliphatic heterocycles. The van der Waals surface area contributed by atoms with E-state index < -0.39 is 0 Å². The van der Waals surface area contributed by atoms with Crippen LogP contribution in [0.15, 0.2) is 12.2 Å². The van der Waals surface area contributed by atoms with Crippen LogP contribution in [0.5, 0.6) is 0 Å². The lowest BCUT2D eigenvalue weighted by Gasteiger charge is -1.90. The van der Waals surface area contributed by atoms with E-state index in [1.165, 1.54) is 5.57 Å². The summed E-state index contributed by atoms with van der Waals surface area (Å²) in [5.74, 6) is 0. The molecule has 0 aliphatic carbocycles. The van der Waals surface area contributed by atoms with Crippen LogP contribution in [-0.2, 0) is 0 Å². The first-order chi connectivity index (χ1) is 4.00. The Balaban J connectivity index is 0. The molecule has 0 bridgehead atoms. The zero-order valence-electron chi connectivity index (χ0n) is 7.36. The molecule has 0 aromatic carbocycles. The molecular weight excluding hydrogens is 110 g/mol. The molecular formula is C8H19N. The lowest BCUT2D eigenvalue weighted by molar-refractivity contribution is 0.505. The van der Waals surface area contributed by atoms with Crippen LogP contribution in [-0.4, -0.2) is 26.0 Å². The van der Waals surface area contributed by atoms with Crippen LogP contribution in [0.4, 0.5) is 0 Å². The fourth-order valence-electron chi connectivity index (χ4n) is 0. The highest BCUT2D eigenvalue weighted by Crippen LogP contribution is 1.88. The second-order valence-corrected chi connectivity index (χ2v) is 2.65. The maximum absolute atomic E-state index is 3.67. The van der Waals surface area contributed by atoms with Gasteiger partial charge >= 0.3 is 0 Å². The average molecular weight is 129 g/mol. The monoisotopic (exact) mass is 129 g/mol. The summed E-state index contributed by atoms with van der Waals surface area (Å²) in [6.07, 6.45) is 1.11. The Labute approximate surface area is 59.4 Å². The first-order valence-corrected chi connectivity index (χ1v) is 3.26. The molecule has 0 unspecified atom stereocenters. The number of hydrogen-bond donors (Lipinski definition) is 0. The maximum Gasteiger partial charge on any atom is -0.0140 e. The quantitative estimate of drug-likeness (QED) is 0.490. The van der Waals surface area contributed by atoms with Crippen LogP contribution >= 0.6 is 0 Å². The third-order valence-corrected chi connectivity index (χ3v) is 0.604. The maximum atomic E-state index is 3.67. The highest BCUT2D eigenvalue weighted by molar-refractivity contribution is 4.84. The van der Waals surface area contributed by atoms with Crippen molar-refractivity contribution in [2.24, 2.45) is 0 Å². The van der Waals surface area contributed by atoms with E-state index in [0.29, 0.717) is 0 Å². The van der Waals surface area contributed by atoms with Gasteiger partial charge in [0.05, 0.1) is 0 Å². The summed E-state index contributed by atoms with van der Waals surface area (Å²) in [6, 6.07) is 0. The van der Waals surface area contributed by atoms with Gasteiger partial charge in [-0.25, -0.2) is 0 Å². The molecule has 56 valence electrons. The van der Waals surface area contributed by atoms with Gasteiger partial charge in [0.25, 0.3) is 0 Å². The Morgan fingerprint density at radius 1 is 1.33 bits per heavy atom. The van der Waals surface area contributed by atoms with Gasteiger partial charge in [0.1, 0.15) is 0 Å². The SMILES string of the molecule is C=C(C)CC.CN(C)C. The fraction of sp³-hybridized carbons (Fsp3) is 0.750. The average Bonchev–Trinajstić information content (AvgIpc) is 1.65. The van der Waals surface area contributed by atoms with Crippen molar-refractivity contribution < 1.29 is 0 Å². The summed E-state index contributed by atoms with van der Waals surface area (Å²) in [7, 11) is 6.00. The molecule has 0 radical (unpaired) electrons. The van der Waals surface area contributed by atoms with E-state index in [-0.39, 0.29) is 0 Å². The van der Waals surface area contributed by atoms with Gasteiger partial charge in [-0.1, -0.05) is 12.5 Å². The number of hydrogen-bond acceptors (Lipinski definition) is 1. The van der Waals surface area contributed by atoms with Gasteiger partial charge in [-0.3, -0.25) is 0 Å². The van der Waals surface area contributed by atoms with Gasteiger partial charge in [0, 0.05) is 0 Å². The molecule has 0 N–H and O–H groups in total. The van der Waals surface area contributed by atoms with Crippen LogP contribution in [0.1, 0.15) is 20.3 Å². The second-order valence-electron chi connectivity index (χ2n) is 2.65. The summed E-state index contributed by atoms with van der Waals surface area (Å²) in [6.45, 7) is 7.80. The van der Waals surface area contributed by atoms with Gasteiger partial charge in [-0.05, 0) is 34.5 Å². The number of nitrogens with zero attached hydrogens (tertiary/aromatic N) is 1. The molecule has 1 heteroatoms. The summed E-state index contributed by atoms with van der Waals surface area (Å²) < 4.78 is 0. The molecule has 0 aromatic heterocycles. The van der Waals surface area contributed by atoms with Crippen LogP contribution in [0.2, 0.25) is 0 Å². The van der Waals surface area contributed by atoms with Crippen LogP contribution in [0, 0.1) is 0 Å². The van der Waals surface area contributed by atoms with Crippen molar-refractivity contribution >= 4 is 0 Å². The minimum absolute atomic E-state index is 1.11. The summed E-state index contributed by atoms with van der Waals surface area (Å²) in [5, 5.41) is 0. The van der Waals surface area contributed by atoms with Gasteiger partial charge < -0.3 is 4.90 Å². The molecule has 0 heterocycles. The summed E-state index contributed by atoms with van der Waals surface area (Å²) in [4.78, 5) is 2.00. The van der Waals surface area contributed by atoms with Crippen LogP contribution in [0.3, 0.4) is 0 Å². The Morgan fingerprint density at radius 2 is 1.44 bits per heavy atom. The Hall–Kier alpha value is -0.300. The molecule has 1 nitrogen and oxygen atoms in total. The van der Waals surface area contributed by atoms with Crippen molar-refractivity contribution in [3.8, 4) is 0 Å². The van der Waals surface area contributed by atoms with E-state index in [0.717, 1.165) is 6.42 Å². The number of rotatable bonds is 1. The molecule has 0 aromatic rings. The van der Waals surface area contributed by atoms with Gasteiger partial charge in [0.2, 0.25) is 0 Å². The van der Waals surface area contributed by atoms with E-state index in [9.17, 15) is 0 Å². The molecule has 0 aliphatic rings. The molecule has 0 fully saturated rings. The Bertz CT molecular complexity index is 62.2. The van der Waals surface area contributed by atoms with Crippen molar-refractivity contribution in [3.63, 3.8) is 0 Å². The Kier molecular flexibility index (Phi) is 9.83. The zero-order valence-corrected chi connectivity index (χ0v) is 7.36. The van der Waals surface area contributed by atoms with E-state index in [1.54, 1.807) is 0 Å². The molecule has 0 rings (SSSR count). The molecule has 0 saturated heterocycles. The smallest absolute Gasteiger partial charge is 0.0140 e. The van der Waals surface area contributed by atoms with Gasteiger partial charge in [-0.2, -0.15) is 0 Å². The highest BCUT2D eigenvalue weighted by Gasteiger charge is 1.67. The normalized spacial score (nSPS) is 8.22. The van der Waals surface area contributed by atoms with Crippen LogP contribution < -0.4 is 0 Å². The summed E-state index contributed by atoms with van der Waals surface area (Å²) in [5.41, 5.74) is 1.25. The zero-order chi connectivity index (χ0) is 7.86. The van der Waals surface area contributed by atoms with Gasteiger partial charge in [0.15, 0.2) is 0 Å². The van der Waals surface area contributed by atoms with Crippen molar-refractivity contribution in [1.82, 2.24) is 4.90 Å². The lowest BCUT2D eigenvalue weighted by atomic mass is 10.3. The van der Waals surface area contributed by atoms with Crippen LogP contribution in [0.25, 0.3) is 0 Å². The third-order valence-electron chi connectivity index (χ3n) is 0.604. The predicted molar refractivity (Wildman–Crippen MR) is 44.7 cm³/mol. The first-order valence-electron chi connectivity index (χ1n) is 3.26. The van der Waals surface area contributed by atoms with Crippen molar-refractivity contribution in [3.05, 3.63) is 12.2 Å². The summed E-state index contributed by atoms with van der Waals surface area (Å²) >= 11 is 0. The van der Waals surface area contributed by atoms with Crippen molar-refractivity contribution in [2.45, 2.75) is 20.3 Å². The van der Waals surface area contributed by atoms with E-state index in [1.807, 2.05) is 33.0 Å². The van der Waals surface area contributed by atoms with Crippen molar-refractivity contribution in [2.75, 3.05) is 21.1 Å². The minimum atomic E-state index is 1.11. The molecule has 0 atom stereocenters. The second kappa shape index (κ2) is 7.70. The Morgan fingerprint density at radius 3 is 1.44 bits per heavy atom. The molecule has 0 amide bonds. The molecule has 0 spiro atoms. The molecule has 9 heavy (non-hydrogen) atoms. The minimum Gasteiger partial charge on any atom is -0.312 e. The highest BCUT2D eigenvalue weighted by atomic mass is 15.0. The lowest BCUT2D eigenvalue weighted by Crippen LogP contribution is -1.99. The standard InChI is InChI=1S/C5H10.C3H9N/c1-4-5(2)3;1-4(2)3/h2,4H2,1,3H3;1-3H3. The van der Waals surface area contributed by atoms with Gasteiger partial charge in [-0.15, -0.1) is 6.58 Å². The van der Waals surface area contributed by atoms with E-state index >= 15 is 0 Å². The first kappa shape index (κ1) is 11.5. The largest absolute Gasteiger partial charge is 0.312 e. The molecule has 0 saturated carbocycles. The third kappa shape index (κ3) is 86.6.